The molecule has 2 atom stereocenters. The van der Waals surface area contributed by atoms with Crippen LogP contribution in [0.25, 0.3) is 0 Å². The van der Waals surface area contributed by atoms with Gasteiger partial charge < -0.3 is 5.32 Å². The number of aldehydes is 1. The molecule has 19 heavy (non-hydrogen) atoms. The van der Waals surface area contributed by atoms with Gasteiger partial charge in [0, 0.05) is 6.54 Å². The highest BCUT2D eigenvalue weighted by Crippen LogP contribution is 2.30. The molecule has 104 valence electrons. The third-order valence-corrected chi connectivity index (χ3v) is 4.14. The van der Waals surface area contributed by atoms with Crippen molar-refractivity contribution < 1.29 is 4.79 Å². The molecule has 5 heteroatoms. The zero-order chi connectivity index (χ0) is 13.7. The van der Waals surface area contributed by atoms with E-state index in [1.165, 1.54) is 32.0 Å². The molecule has 0 aliphatic heterocycles. The van der Waals surface area contributed by atoms with E-state index in [4.69, 9.17) is 11.6 Å². The van der Waals surface area contributed by atoms with Crippen molar-refractivity contribution >= 4 is 23.7 Å². The van der Waals surface area contributed by atoms with Gasteiger partial charge in [-0.05, 0) is 24.7 Å². The molecule has 0 saturated heterocycles. The fourth-order valence-corrected chi connectivity index (χ4v) is 3.01. The van der Waals surface area contributed by atoms with E-state index in [0.29, 0.717) is 17.7 Å². The molecule has 2 unspecified atom stereocenters. The molecule has 4 nitrogen and oxygen atoms in total. The number of anilines is 1. The average Bonchev–Trinajstić information content (AvgIpc) is 2.39. The van der Waals surface area contributed by atoms with Gasteiger partial charge in [0.2, 0.25) is 0 Å². The van der Waals surface area contributed by atoms with Gasteiger partial charge in [-0.15, -0.1) is 0 Å². The fraction of sp³-hybridized carbons (Fsp3) is 0.643. The Morgan fingerprint density at radius 3 is 3.05 bits per heavy atom. The van der Waals surface area contributed by atoms with Crippen molar-refractivity contribution in [1.29, 1.82) is 0 Å². The minimum atomic E-state index is 0.207. The van der Waals surface area contributed by atoms with Crippen LogP contribution >= 0.6 is 11.6 Å². The first-order valence-electron chi connectivity index (χ1n) is 6.90. The average molecular weight is 282 g/mol. The van der Waals surface area contributed by atoms with Crippen LogP contribution in [-0.4, -0.2) is 22.8 Å². The number of halogens is 1. The number of carbonyl (C=O) groups is 1. The topological polar surface area (TPSA) is 54.9 Å². The Labute approximate surface area is 119 Å². The Kier molecular flexibility index (Phi) is 5.14. The zero-order valence-electron chi connectivity index (χ0n) is 11.2. The van der Waals surface area contributed by atoms with Gasteiger partial charge in [0.15, 0.2) is 6.29 Å². The van der Waals surface area contributed by atoms with Gasteiger partial charge in [0.25, 0.3) is 0 Å². The van der Waals surface area contributed by atoms with Gasteiger partial charge in [-0.3, -0.25) is 4.79 Å². The SMILES string of the molecule is CC1CCCC(CCNc2ncnc(Cl)c2C=O)C1. The van der Waals surface area contributed by atoms with Crippen LogP contribution in [-0.2, 0) is 0 Å². The number of hydrogen-bond acceptors (Lipinski definition) is 4. The maximum Gasteiger partial charge on any atom is 0.156 e. The molecule has 0 bridgehead atoms. The van der Waals surface area contributed by atoms with Crippen molar-refractivity contribution in [3.63, 3.8) is 0 Å². The summed E-state index contributed by atoms with van der Waals surface area (Å²) >= 11 is 5.85. The Hall–Kier alpha value is -1.16. The number of aromatic nitrogens is 2. The predicted molar refractivity (Wildman–Crippen MR) is 76.7 cm³/mol. The monoisotopic (exact) mass is 281 g/mol. The number of rotatable bonds is 5. The molecule has 0 aromatic carbocycles. The van der Waals surface area contributed by atoms with Crippen molar-refractivity contribution in [1.82, 2.24) is 9.97 Å². The summed E-state index contributed by atoms with van der Waals surface area (Å²) in [6, 6.07) is 0. The quantitative estimate of drug-likeness (QED) is 0.662. The summed E-state index contributed by atoms with van der Waals surface area (Å²) in [6.45, 7) is 3.15. The summed E-state index contributed by atoms with van der Waals surface area (Å²) in [5.41, 5.74) is 0.348. The van der Waals surface area contributed by atoms with E-state index in [-0.39, 0.29) is 5.15 Å². The molecular weight excluding hydrogens is 262 g/mol. The van der Waals surface area contributed by atoms with Crippen LogP contribution in [0.5, 0.6) is 0 Å². The maximum absolute atomic E-state index is 11.0. The lowest BCUT2D eigenvalue weighted by atomic mass is 9.81. The molecule has 0 amide bonds. The van der Waals surface area contributed by atoms with Crippen molar-refractivity contribution in [3.8, 4) is 0 Å². The van der Waals surface area contributed by atoms with Crippen LogP contribution in [0.4, 0.5) is 5.82 Å². The highest BCUT2D eigenvalue weighted by molar-refractivity contribution is 6.32. The Morgan fingerprint density at radius 2 is 2.32 bits per heavy atom. The van der Waals surface area contributed by atoms with E-state index in [9.17, 15) is 4.79 Å². The molecule has 0 spiro atoms. The van der Waals surface area contributed by atoms with E-state index >= 15 is 0 Å². The van der Waals surface area contributed by atoms with Crippen molar-refractivity contribution in [3.05, 3.63) is 17.0 Å². The largest absolute Gasteiger partial charge is 0.369 e. The molecule has 1 N–H and O–H groups in total. The lowest BCUT2D eigenvalue weighted by molar-refractivity contribution is 0.112. The molecule has 0 radical (unpaired) electrons. The summed E-state index contributed by atoms with van der Waals surface area (Å²) < 4.78 is 0. The molecule has 1 aliphatic rings. The second-order valence-corrected chi connectivity index (χ2v) is 5.76. The third-order valence-electron chi connectivity index (χ3n) is 3.84. The Morgan fingerprint density at radius 1 is 1.47 bits per heavy atom. The molecule has 1 saturated carbocycles. The normalized spacial score (nSPS) is 23.1. The molecule has 1 fully saturated rings. The molecular formula is C14H20ClN3O. The zero-order valence-corrected chi connectivity index (χ0v) is 12.0. The minimum absolute atomic E-state index is 0.207. The van der Waals surface area contributed by atoms with E-state index in [1.54, 1.807) is 0 Å². The van der Waals surface area contributed by atoms with Crippen LogP contribution in [0.2, 0.25) is 5.15 Å². The number of hydrogen-bond donors (Lipinski definition) is 1. The van der Waals surface area contributed by atoms with E-state index in [0.717, 1.165) is 24.8 Å². The van der Waals surface area contributed by atoms with Crippen LogP contribution in [0.1, 0.15) is 49.4 Å². The van der Waals surface area contributed by atoms with E-state index < -0.39 is 0 Å². The number of nitrogens with zero attached hydrogens (tertiary/aromatic N) is 2. The van der Waals surface area contributed by atoms with E-state index in [2.05, 4.69) is 22.2 Å². The minimum Gasteiger partial charge on any atom is -0.369 e. The molecule has 1 aromatic rings. The Bertz CT molecular complexity index is 439. The van der Waals surface area contributed by atoms with Crippen LogP contribution in [0.15, 0.2) is 6.33 Å². The van der Waals surface area contributed by atoms with Crippen molar-refractivity contribution in [2.45, 2.75) is 39.0 Å². The molecule has 1 aliphatic carbocycles. The molecule has 1 heterocycles. The second kappa shape index (κ2) is 6.85. The summed E-state index contributed by atoms with van der Waals surface area (Å²) in [6.07, 6.45) is 8.52. The standard InChI is InChI=1S/C14H20ClN3O/c1-10-3-2-4-11(7-10)5-6-16-14-12(8-19)13(15)17-9-18-14/h8-11H,2-7H2,1H3,(H,16,17,18). The summed E-state index contributed by atoms with van der Waals surface area (Å²) in [7, 11) is 0. The van der Waals surface area contributed by atoms with E-state index in [1.807, 2.05) is 0 Å². The first kappa shape index (κ1) is 14.3. The van der Waals surface area contributed by atoms with Crippen molar-refractivity contribution in [2.24, 2.45) is 11.8 Å². The molecule has 2 rings (SSSR count). The Balaban J connectivity index is 1.85. The van der Waals surface area contributed by atoms with Gasteiger partial charge in [-0.2, -0.15) is 0 Å². The van der Waals surface area contributed by atoms with Crippen LogP contribution < -0.4 is 5.32 Å². The molecule has 1 aromatic heterocycles. The van der Waals surface area contributed by atoms with Gasteiger partial charge in [-0.25, -0.2) is 9.97 Å². The lowest BCUT2D eigenvalue weighted by Crippen LogP contribution is -2.17. The van der Waals surface area contributed by atoms with Crippen molar-refractivity contribution in [2.75, 3.05) is 11.9 Å². The highest BCUT2D eigenvalue weighted by atomic mass is 35.5. The predicted octanol–water partition coefficient (Wildman–Crippen LogP) is 3.57. The summed E-state index contributed by atoms with van der Waals surface area (Å²) in [5, 5.41) is 3.41. The smallest absolute Gasteiger partial charge is 0.156 e. The van der Waals surface area contributed by atoms with Gasteiger partial charge >= 0.3 is 0 Å². The first-order valence-corrected chi connectivity index (χ1v) is 7.28. The maximum atomic E-state index is 11.0. The lowest BCUT2D eigenvalue weighted by Gasteiger charge is -2.26. The van der Waals surface area contributed by atoms with Gasteiger partial charge in [0.1, 0.15) is 17.3 Å². The van der Waals surface area contributed by atoms with Gasteiger partial charge in [0.05, 0.1) is 5.56 Å². The third kappa shape index (κ3) is 3.90. The summed E-state index contributed by atoms with van der Waals surface area (Å²) in [5.74, 6) is 2.17. The highest BCUT2D eigenvalue weighted by Gasteiger charge is 2.18. The van der Waals surface area contributed by atoms with Crippen LogP contribution in [0, 0.1) is 11.8 Å². The summed E-state index contributed by atoms with van der Waals surface area (Å²) in [4.78, 5) is 18.8. The van der Waals surface area contributed by atoms with Crippen LogP contribution in [0.3, 0.4) is 0 Å². The van der Waals surface area contributed by atoms with Gasteiger partial charge in [-0.1, -0.05) is 37.8 Å². The second-order valence-electron chi connectivity index (χ2n) is 5.40. The number of nitrogens with one attached hydrogen (secondary N) is 1. The fourth-order valence-electron chi connectivity index (χ4n) is 2.84. The number of carbonyl (C=O) groups excluding carboxylic acids is 1. The first-order chi connectivity index (χ1) is 9.20.